The Kier molecular flexibility index (Phi) is 3.76. The summed E-state index contributed by atoms with van der Waals surface area (Å²) in [5.74, 6) is -0.202. The fourth-order valence-electron chi connectivity index (χ4n) is 2.31. The summed E-state index contributed by atoms with van der Waals surface area (Å²) >= 11 is 7.37. The van der Waals surface area contributed by atoms with Crippen LogP contribution in [0.4, 0.5) is 5.13 Å². The number of halogens is 1. The number of carbonyl (C=O) groups is 1. The van der Waals surface area contributed by atoms with Gasteiger partial charge >= 0.3 is 0 Å². The molecule has 4 aromatic rings. The number of thiazole rings is 1. The number of amides is 1. The normalized spacial score (nSPS) is 10.9. The summed E-state index contributed by atoms with van der Waals surface area (Å²) in [6.45, 7) is 0. The zero-order valence-electron chi connectivity index (χ0n) is 12.3. The molecular weight excluding hydrogens is 344 g/mol. The smallest absolute Gasteiger partial charge is 0.257 e. The Morgan fingerprint density at radius 1 is 1.17 bits per heavy atom. The van der Waals surface area contributed by atoms with Crippen LogP contribution in [0.15, 0.2) is 60.9 Å². The molecule has 0 aliphatic heterocycles. The molecule has 5 nitrogen and oxygen atoms in total. The molecule has 0 spiro atoms. The van der Waals surface area contributed by atoms with Crippen LogP contribution in [-0.4, -0.2) is 20.7 Å². The Bertz CT molecular complexity index is 1010. The van der Waals surface area contributed by atoms with E-state index in [2.05, 4.69) is 15.4 Å². The third-order valence-corrected chi connectivity index (χ3v) is 4.64. The standard InChI is InChI=1S/C17H11ClN4OS/c18-12-4-7-14-15(10-12)24-17(20-14)21-16(23)11-2-5-13(6-3-11)22-9-1-8-19-22/h1-10H,(H,20,21,23). The molecule has 0 unspecified atom stereocenters. The van der Waals surface area contributed by atoms with Crippen molar-refractivity contribution in [2.24, 2.45) is 0 Å². The van der Waals surface area contributed by atoms with E-state index in [4.69, 9.17) is 11.6 Å². The van der Waals surface area contributed by atoms with Crippen molar-refractivity contribution in [2.75, 3.05) is 5.32 Å². The number of carbonyl (C=O) groups excluding carboxylic acids is 1. The van der Waals surface area contributed by atoms with Crippen molar-refractivity contribution < 1.29 is 4.79 Å². The minimum Gasteiger partial charge on any atom is -0.298 e. The zero-order chi connectivity index (χ0) is 16.5. The second-order valence-electron chi connectivity index (χ2n) is 5.08. The maximum Gasteiger partial charge on any atom is 0.257 e. The van der Waals surface area contributed by atoms with Gasteiger partial charge in [0, 0.05) is 23.0 Å². The molecule has 7 heteroatoms. The Labute approximate surface area is 146 Å². The molecule has 1 N–H and O–H groups in total. The Morgan fingerprint density at radius 3 is 2.75 bits per heavy atom. The van der Waals surface area contributed by atoms with Crippen LogP contribution in [0, 0.1) is 0 Å². The molecule has 2 aromatic heterocycles. The molecule has 24 heavy (non-hydrogen) atoms. The quantitative estimate of drug-likeness (QED) is 0.593. The average Bonchev–Trinajstić information content (AvgIpc) is 3.23. The number of hydrogen-bond donors (Lipinski definition) is 1. The van der Waals surface area contributed by atoms with Crippen LogP contribution in [0.5, 0.6) is 0 Å². The zero-order valence-corrected chi connectivity index (χ0v) is 13.9. The predicted octanol–water partition coefficient (Wildman–Crippen LogP) is 4.39. The Morgan fingerprint density at radius 2 is 2.00 bits per heavy atom. The van der Waals surface area contributed by atoms with Gasteiger partial charge < -0.3 is 0 Å². The van der Waals surface area contributed by atoms with Crippen LogP contribution in [0.3, 0.4) is 0 Å². The maximum absolute atomic E-state index is 12.4. The van der Waals surface area contributed by atoms with Gasteiger partial charge in [0.2, 0.25) is 0 Å². The van der Waals surface area contributed by atoms with Crippen LogP contribution in [0.25, 0.3) is 15.9 Å². The van der Waals surface area contributed by atoms with Crippen molar-refractivity contribution >= 4 is 44.2 Å². The summed E-state index contributed by atoms with van der Waals surface area (Å²) in [7, 11) is 0. The van der Waals surface area contributed by atoms with Gasteiger partial charge in [0.05, 0.1) is 15.9 Å². The van der Waals surface area contributed by atoms with Crippen LogP contribution >= 0.6 is 22.9 Å². The number of nitrogens with one attached hydrogen (secondary N) is 1. The highest BCUT2D eigenvalue weighted by atomic mass is 35.5. The molecule has 0 bridgehead atoms. The average molecular weight is 355 g/mol. The van der Waals surface area contributed by atoms with Gasteiger partial charge in [0.15, 0.2) is 5.13 Å². The molecular formula is C17H11ClN4OS. The van der Waals surface area contributed by atoms with Gasteiger partial charge in [-0.05, 0) is 48.5 Å². The molecule has 0 aliphatic carbocycles. The fraction of sp³-hybridized carbons (Fsp3) is 0. The van der Waals surface area contributed by atoms with E-state index in [0.29, 0.717) is 15.7 Å². The van der Waals surface area contributed by atoms with Crippen LogP contribution < -0.4 is 5.32 Å². The highest BCUT2D eigenvalue weighted by Crippen LogP contribution is 2.28. The number of nitrogens with zero attached hydrogens (tertiary/aromatic N) is 3. The lowest BCUT2D eigenvalue weighted by atomic mass is 10.2. The molecule has 0 saturated heterocycles. The third kappa shape index (κ3) is 2.89. The first kappa shape index (κ1) is 14.9. The SMILES string of the molecule is O=C(Nc1nc2ccc(Cl)cc2s1)c1ccc(-n2cccn2)cc1. The van der Waals surface area contributed by atoms with Crippen LogP contribution in [0.1, 0.15) is 10.4 Å². The maximum atomic E-state index is 12.4. The van der Waals surface area contributed by atoms with E-state index in [-0.39, 0.29) is 5.91 Å². The first-order valence-electron chi connectivity index (χ1n) is 7.16. The van der Waals surface area contributed by atoms with Crippen molar-refractivity contribution in [3.05, 3.63) is 71.5 Å². The number of aromatic nitrogens is 3. The van der Waals surface area contributed by atoms with E-state index in [1.54, 1.807) is 29.1 Å². The largest absolute Gasteiger partial charge is 0.298 e. The Balaban J connectivity index is 1.54. The van der Waals surface area contributed by atoms with Crippen molar-refractivity contribution in [1.82, 2.24) is 14.8 Å². The summed E-state index contributed by atoms with van der Waals surface area (Å²) in [6.07, 6.45) is 3.56. The van der Waals surface area contributed by atoms with Crippen LogP contribution in [-0.2, 0) is 0 Å². The van der Waals surface area contributed by atoms with Crippen molar-refractivity contribution in [3.8, 4) is 5.69 Å². The van der Waals surface area contributed by atoms with Crippen molar-refractivity contribution in [1.29, 1.82) is 0 Å². The van der Waals surface area contributed by atoms with E-state index < -0.39 is 0 Å². The lowest BCUT2D eigenvalue weighted by molar-refractivity contribution is 0.102. The molecule has 4 rings (SSSR count). The topological polar surface area (TPSA) is 59.8 Å². The van der Waals surface area contributed by atoms with Gasteiger partial charge in [-0.3, -0.25) is 10.1 Å². The van der Waals surface area contributed by atoms with E-state index in [1.807, 2.05) is 36.5 Å². The van der Waals surface area contributed by atoms with Gasteiger partial charge in [-0.15, -0.1) is 0 Å². The molecule has 0 radical (unpaired) electrons. The lowest BCUT2D eigenvalue weighted by Gasteiger charge is -2.04. The van der Waals surface area contributed by atoms with Gasteiger partial charge in [0.1, 0.15) is 0 Å². The third-order valence-electron chi connectivity index (χ3n) is 3.47. The number of benzene rings is 2. The Hall–Kier alpha value is -2.70. The summed E-state index contributed by atoms with van der Waals surface area (Å²) < 4.78 is 2.67. The molecule has 2 aromatic carbocycles. The van der Waals surface area contributed by atoms with Gasteiger partial charge in [-0.2, -0.15) is 5.10 Å². The second kappa shape index (κ2) is 6.07. The minimum absolute atomic E-state index is 0.202. The molecule has 0 saturated carbocycles. The molecule has 0 atom stereocenters. The first-order valence-corrected chi connectivity index (χ1v) is 8.36. The summed E-state index contributed by atoms with van der Waals surface area (Å²) in [5, 5.41) is 8.18. The van der Waals surface area contributed by atoms with Gasteiger partial charge in [0.25, 0.3) is 5.91 Å². The van der Waals surface area contributed by atoms with Crippen molar-refractivity contribution in [2.45, 2.75) is 0 Å². The number of fused-ring (bicyclic) bond motifs is 1. The molecule has 1 amide bonds. The molecule has 0 aliphatic rings. The van der Waals surface area contributed by atoms with Crippen LogP contribution in [0.2, 0.25) is 5.02 Å². The van der Waals surface area contributed by atoms with E-state index >= 15 is 0 Å². The van der Waals surface area contributed by atoms with E-state index in [0.717, 1.165) is 15.9 Å². The lowest BCUT2D eigenvalue weighted by Crippen LogP contribution is -2.11. The first-order chi connectivity index (χ1) is 11.7. The summed E-state index contributed by atoms with van der Waals surface area (Å²) in [6, 6.07) is 14.5. The van der Waals surface area contributed by atoms with E-state index in [9.17, 15) is 4.79 Å². The molecule has 2 heterocycles. The highest BCUT2D eigenvalue weighted by Gasteiger charge is 2.10. The van der Waals surface area contributed by atoms with Gasteiger partial charge in [-0.25, -0.2) is 9.67 Å². The monoisotopic (exact) mass is 354 g/mol. The molecule has 118 valence electrons. The minimum atomic E-state index is -0.202. The predicted molar refractivity (Wildman–Crippen MR) is 96.1 cm³/mol. The highest BCUT2D eigenvalue weighted by molar-refractivity contribution is 7.22. The van der Waals surface area contributed by atoms with E-state index in [1.165, 1.54) is 11.3 Å². The fourth-order valence-corrected chi connectivity index (χ4v) is 3.45. The number of hydrogen-bond acceptors (Lipinski definition) is 4. The number of anilines is 1. The number of rotatable bonds is 3. The van der Waals surface area contributed by atoms with Crippen molar-refractivity contribution in [3.63, 3.8) is 0 Å². The summed E-state index contributed by atoms with van der Waals surface area (Å²) in [4.78, 5) is 16.8. The second-order valence-corrected chi connectivity index (χ2v) is 6.55. The molecule has 0 fully saturated rings. The van der Waals surface area contributed by atoms with Gasteiger partial charge in [-0.1, -0.05) is 22.9 Å². The summed E-state index contributed by atoms with van der Waals surface area (Å²) in [5.41, 5.74) is 2.27.